The van der Waals surface area contributed by atoms with Gasteiger partial charge in [-0.05, 0) is 17.9 Å². The topological polar surface area (TPSA) is 0 Å². The van der Waals surface area contributed by atoms with Crippen molar-refractivity contribution in [2.45, 2.75) is 39.5 Å². The Bertz CT molecular complexity index is 184. The maximum absolute atomic E-state index is 12.6. The normalized spacial score (nSPS) is 23.5. The fourth-order valence-corrected chi connectivity index (χ4v) is 1.29. The zero-order valence-electron chi connectivity index (χ0n) is 7.25. The van der Waals surface area contributed by atoms with Gasteiger partial charge in [-0.25, -0.2) is 8.78 Å². The molecule has 1 aliphatic rings. The van der Waals surface area contributed by atoms with Crippen LogP contribution in [0.2, 0.25) is 0 Å². The molecule has 0 aromatic heterocycles. The molecule has 0 unspecified atom stereocenters. The maximum Gasteiger partial charge on any atom is 0.267 e. The molecule has 0 aromatic rings. The molecule has 0 saturated carbocycles. The summed E-state index contributed by atoms with van der Waals surface area (Å²) in [6, 6.07) is 0. The highest BCUT2D eigenvalue weighted by Crippen LogP contribution is 2.40. The second kappa shape index (κ2) is 2.29. The molecule has 1 rings (SSSR count). The Hall–Kier alpha value is -0.400. The molecule has 0 aromatic carbocycles. The molecular weight excluding hydrogens is 146 g/mol. The van der Waals surface area contributed by atoms with E-state index in [0.29, 0.717) is 6.42 Å². The molecule has 0 spiro atoms. The number of rotatable bonds is 0. The van der Waals surface area contributed by atoms with Crippen LogP contribution >= 0.6 is 0 Å². The van der Waals surface area contributed by atoms with Gasteiger partial charge in [-0.2, -0.15) is 0 Å². The molecule has 0 aliphatic heterocycles. The summed E-state index contributed by atoms with van der Waals surface area (Å²) in [5.74, 6) is -2.54. The first-order valence-corrected chi connectivity index (χ1v) is 3.91. The Kier molecular flexibility index (Phi) is 1.81. The van der Waals surface area contributed by atoms with Crippen LogP contribution in [0.25, 0.3) is 0 Å². The lowest BCUT2D eigenvalue weighted by Gasteiger charge is -2.19. The Morgan fingerprint density at radius 3 is 2.09 bits per heavy atom. The maximum atomic E-state index is 12.6. The minimum absolute atomic E-state index is 0.000394. The quantitative estimate of drug-likeness (QED) is 0.476. The molecule has 0 atom stereocenters. The zero-order chi connectivity index (χ0) is 8.70. The number of hydrogen-bond acceptors (Lipinski definition) is 0. The molecule has 0 fully saturated rings. The summed E-state index contributed by atoms with van der Waals surface area (Å²) in [7, 11) is 0. The van der Waals surface area contributed by atoms with E-state index < -0.39 is 5.92 Å². The minimum atomic E-state index is -2.54. The van der Waals surface area contributed by atoms with Gasteiger partial charge in [0.15, 0.2) is 0 Å². The highest BCUT2D eigenvalue weighted by atomic mass is 19.3. The largest absolute Gasteiger partial charge is 0.267 e. The van der Waals surface area contributed by atoms with E-state index in [-0.39, 0.29) is 11.8 Å². The van der Waals surface area contributed by atoms with Crippen LogP contribution in [0.1, 0.15) is 33.6 Å². The molecule has 11 heavy (non-hydrogen) atoms. The van der Waals surface area contributed by atoms with Crippen molar-refractivity contribution in [1.82, 2.24) is 0 Å². The van der Waals surface area contributed by atoms with Gasteiger partial charge in [0.25, 0.3) is 5.92 Å². The van der Waals surface area contributed by atoms with E-state index in [4.69, 9.17) is 0 Å². The van der Waals surface area contributed by atoms with Gasteiger partial charge in [-0.3, -0.25) is 0 Å². The highest BCUT2D eigenvalue weighted by Gasteiger charge is 2.35. The van der Waals surface area contributed by atoms with Crippen molar-refractivity contribution < 1.29 is 8.78 Å². The molecule has 2 heteroatoms. The van der Waals surface area contributed by atoms with Crippen LogP contribution in [0.4, 0.5) is 8.78 Å². The third-order valence-corrected chi connectivity index (χ3v) is 2.08. The molecule has 0 heterocycles. The van der Waals surface area contributed by atoms with Crippen molar-refractivity contribution in [3.8, 4) is 0 Å². The summed E-state index contributed by atoms with van der Waals surface area (Å²) in [5, 5.41) is 0. The van der Waals surface area contributed by atoms with E-state index in [0.717, 1.165) is 11.6 Å². The van der Waals surface area contributed by atoms with E-state index in [2.05, 4.69) is 0 Å². The third kappa shape index (κ3) is 2.01. The average Bonchev–Trinajstić information content (AvgIpc) is 2.07. The summed E-state index contributed by atoms with van der Waals surface area (Å²) < 4.78 is 25.3. The second-order valence-electron chi connectivity index (χ2n) is 4.18. The number of halogens is 2. The van der Waals surface area contributed by atoms with Crippen LogP contribution in [0.5, 0.6) is 0 Å². The van der Waals surface area contributed by atoms with Crippen molar-refractivity contribution >= 4 is 0 Å². The van der Waals surface area contributed by atoms with Gasteiger partial charge in [0.05, 0.1) is 0 Å². The Morgan fingerprint density at radius 2 is 1.91 bits per heavy atom. The Balaban J connectivity index is 2.79. The SMILES string of the molecule is CC(C)(C)C1=CC(F)(F)CC1. The predicted octanol–water partition coefficient (Wildman–Crippen LogP) is 3.39. The number of hydrogen-bond donors (Lipinski definition) is 0. The molecule has 0 radical (unpaired) electrons. The molecule has 0 bridgehead atoms. The van der Waals surface area contributed by atoms with Gasteiger partial charge >= 0.3 is 0 Å². The third-order valence-electron chi connectivity index (χ3n) is 2.08. The lowest BCUT2D eigenvalue weighted by Crippen LogP contribution is -2.08. The molecule has 0 saturated heterocycles. The summed E-state index contributed by atoms with van der Waals surface area (Å²) in [4.78, 5) is 0. The van der Waals surface area contributed by atoms with Crippen molar-refractivity contribution in [3.63, 3.8) is 0 Å². The zero-order valence-corrected chi connectivity index (χ0v) is 7.25. The van der Waals surface area contributed by atoms with Gasteiger partial charge in [-0.15, -0.1) is 0 Å². The first-order chi connectivity index (χ1) is 4.81. The van der Waals surface area contributed by atoms with Crippen molar-refractivity contribution in [2.24, 2.45) is 5.41 Å². The van der Waals surface area contributed by atoms with Crippen LogP contribution in [-0.2, 0) is 0 Å². The highest BCUT2D eigenvalue weighted by molar-refractivity contribution is 5.20. The van der Waals surface area contributed by atoms with E-state index in [1.807, 2.05) is 20.8 Å². The van der Waals surface area contributed by atoms with Gasteiger partial charge in [0, 0.05) is 6.42 Å². The summed E-state index contributed by atoms with van der Waals surface area (Å²) in [5.41, 5.74) is 0.808. The molecule has 0 amide bonds. The van der Waals surface area contributed by atoms with Crippen LogP contribution in [-0.4, -0.2) is 5.92 Å². The standard InChI is InChI=1S/C9H14F2/c1-8(2,3)7-4-5-9(10,11)6-7/h6H,4-5H2,1-3H3. The van der Waals surface area contributed by atoms with Crippen LogP contribution in [0, 0.1) is 5.41 Å². The molecular formula is C9H14F2. The first kappa shape index (κ1) is 8.69. The lowest BCUT2D eigenvalue weighted by atomic mass is 9.86. The number of allylic oxidation sites excluding steroid dienone is 2. The lowest BCUT2D eigenvalue weighted by molar-refractivity contribution is 0.0555. The summed E-state index contributed by atoms with van der Waals surface area (Å²) >= 11 is 0. The average molecular weight is 160 g/mol. The number of alkyl halides is 2. The van der Waals surface area contributed by atoms with Crippen molar-refractivity contribution in [3.05, 3.63) is 11.6 Å². The molecule has 1 aliphatic carbocycles. The van der Waals surface area contributed by atoms with Gasteiger partial charge in [-0.1, -0.05) is 26.3 Å². The smallest absolute Gasteiger partial charge is 0.202 e. The van der Waals surface area contributed by atoms with E-state index >= 15 is 0 Å². The minimum Gasteiger partial charge on any atom is -0.202 e. The van der Waals surface area contributed by atoms with Gasteiger partial charge in [0.1, 0.15) is 0 Å². The van der Waals surface area contributed by atoms with E-state index in [1.54, 1.807) is 0 Å². The fraction of sp³-hybridized carbons (Fsp3) is 0.778. The first-order valence-electron chi connectivity index (χ1n) is 3.91. The van der Waals surface area contributed by atoms with E-state index in [1.165, 1.54) is 0 Å². The van der Waals surface area contributed by atoms with Crippen LogP contribution < -0.4 is 0 Å². The van der Waals surface area contributed by atoms with Gasteiger partial charge < -0.3 is 0 Å². The van der Waals surface area contributed by atoms with Crippen molar-refractivity contribution in [2.75, 3.05) is 0 Å². The molecule has 0 nitrogen and oxygen atoms in total. The van der Waals surface area contributed by atoms with Crippen LogP contribution in [0.15, 0.2) is 11.6 Å². The van der Waals surface area contributed by atoms with Crippen LogP contribution in [0.3, 0.4) is 0 Å². The molecule has 0 N–H and O–H groups in total. The monoisotopic (exact) mass is 160 g/mol. The second-order valence-corrected chi connectivity index (χ2v) is 4.18. The summed E-state index contributed by atoms with van der Waals surface area (Å²) in [6.07, 6.45) is 1.68. The van der Waals surface area contributed by atoms with Crippen molar-refractivity contribution in [1.29, 1.82) is 0 Å². The fourth-order valence-electron chi connectivity index (χ4n) is 1.29. The predicted molar refractivity (Wildman–Crippen MR) is 41.7 cm³/mol. The Morgan fingerprint density at radius 1 is 1.36 bits per heavy atom. The van der Waals surface area contributed by atoms with Gasteiger partial charge in [0.2, 0.25) is 0 Å². The van der Waals surface area contributed by atoms with E-state index in [9.17, 15) is 8.78 Å². The molecule has 64 valence electrons. The Labute approximate surface area is 66.3 Å². The summed E-state index contributed by atoms with van der Waals surface area (Å²) in [6.45, 7) is 5.92.